The molecule has 1 aromatic carbocycles. The molecule has 0 bridgehead atoms. The van der Waals surface area contributed by atoms with Crippen LogP contribution in [0.25, 0.3) is 0 Å². The number of carbonyl (C=O) groups is 1. The molecule has 24 heavy (non-hydrogen) atoms. The van der Waals surface area contributed by atoms with Crippen LogP contribution in [0, 0.1) is 17.0 Å². The van der Waals surface area contributed by atoms with Crippen molar-refractivity contribution < 1.29 is 14.5 Å². The number of nitrogens with two attached hydrogens (primary N) is 1. The average molecular weight is 331 g/mol. The molecule has 0 spiro atoms. The number of nitrogen functional groups attached to an aromatic ring is 1. The average Bonchev–Trinajstić information content (AvgIpc) is 2.52. The van der Waals surface area contributed by atoms with Crippen LogP contribution in [0.5, 0.6) is 5.75 Å². The lowest BCUT2D eigenvalue weighted by Gasteiger charge is -2.12. The van der Waals surface area contributed by atoms with Crippen LogP contribution >= 0.6 is 0 Å². The first-order chi connectivity index (χ1) is 11.4. The van der Waals surface area contributed by atoms with Gasteiger partial charge in [-0.1, -0.05) is 0 Å². The number of anilines is 1. The zero-order valence-electron chi connectivity index (χ0n) is 13.3. The predicted molar refractivity (Wildman–Crippen MR) is 86.6 cm³/mol. The number of nitro benzene ring substituents is 1. The Morgan fingerprint density at radius 2 is 2.00 bits per heavy atom. The molecule has 1 amide bonds. The van der Waals surface area contributed by atoms with Crippen molar-refractivity contribution in [1.82, 2.24) is 15.3 Å². The van der Waals surface area contributed by atoms with Gasteiger partial charge in [-0.2, -0.15) is 0 Å². The smallest absolute Gasteiger partial charge is 0.269 e. The quantitative estimate of drug-likeness (QED) is 0.606. The van der Waals surface area contributed by atoms with E-state index in [0.717, 1.165) is 0 Å². The summed E-state index contributed by atoms with van der Waals surface area (Å²) in [6, 6.07) is 5.61. The molecule has 0 saturated heterocycles. The Balaban J connectivity index is 2.22. The molecule has 9 heteroatoms. The summed E-state index contributed by atoms with van der Waals surface area (Å²) in [5.74, 6) is 0.150. The van der Waals surface area contributed by atoms with Crippen molar-refractivity contribution in [3.05, 3.63) is 51.3 Å². The third-order valence-electron chi connectivity index (χ3n) is 3.17. The molecule has 0 unspecified atom stereocenters. The van der Waals surface area contributed by atoms with Crippen molar-refractivity contribution >= 4 is 17.5 Å². The zero-order valence-corrected chi connectivity index (χ0v) is 13.3. The number of benzene rings is 1. The lowest BCUT2D eigenvalue weighted by molar-refractivity contribution is -0.384. The monoisotopic (exact) mass is 331 g/mol. The lowest BCUT2D eigenvalue weighted by atomic mass is 10.1. The number of aromatic nitrogens is 2. The summed E-state index contributed by atoms with van der Waals surface area (Å²) in [5.41, 5.74) is 6.72. The van der Waals surface area contributed by atoms with Gasteiger partial charge >= 0.3 is 0 Å². The summed E-state index contributed by atoms with van der Waals surface area (Å²) < 4.78 is 5.56. The molecule has 0 atom stereocenters. The minimum absolute atomic E-state index is 0.0160. The fourth-order valence-corrected chi connectivity index (χ4v) is 2.12. The molecule has 0 aliphatic rings. The van der Waals surface area contributed by atoms with E-state index in [1.165, 1.54) is 24.3 Å². The fraction of sp³-hybridized carbons (Fsp3) is 0.267. The minimum Gasteiger partial charge on any atom is -0.487 e. The summed E-state index contributed by atoms with van der Waals surface area (Å²) in [6.07, 6.45) is 0. The Labute approximate surface area is 138 Å². The topological polar surface area (TPSA) is 133 Å². The number of nitrogens with zero attached hydrogens (tertiary/aromatic N) is 3. The molecule has 0 fully saturated rings. The normalized spacial score (nSPS) is 10.2. The highest BCUT2D eigenvalue weighted by atomic mass is 16.6. The summed E-state index contributed by atoms with van der Waals surface area (Å²) in [7, 11) is 0. The molecule has 0 aliphatic heterocycles. The van der Waals surface area contributed by atoms with Gasteiger partial charge in [0.25, 0.3) is 11.6 Å². The van der Waals surface area contributed by atoms with Gasteiger partial charge in [0.15, 0.2) is 0 Å². The number of ether oxygens (including phenoxy) is 1. The van der Waals surface area contributed by atoms with Crippen molar-refractivity contribution in [2.45, 2.75) is 20.5 Å². The van der Waals surface area contributed by atoms with Crippen LogP contribution in [0.3, 0.4) is 0 Å². The lowest BCUT2D eigenvalue weighted by Crippen LogP contribution is -2.26. The molecular formula is C15H17N5O4. The van der Waals surface area contributed by atoms with Gasteiger partial charge in [0.05, 0.1) is 21.9 Å². The van der Waals surface area contributed by atoms with E-state index in [0.29, 0.717) is 29.2 Å². The molecule has 2 aromatic rings. The van der Waals surface area contributed by atoms with Crippen molar-refractivity contribution in [3.8, 4) is 5.75 Å². The number of nitrogens with one attached hydrogen (secondary N) is 1. The highest BCUT2D eigenvalue weighted by Gasteiger charge is 2.18. The largest absolute Gasteiger partial charge is 0.487 e. The maximum Gasteiger partial charge on any atom is 0.269 e. The molecule has 0 radical (unpaired) electrons. The second-order valence-electron chi connectivity index (χ2n) is 4.89. The number of non-ortho nitro benzene ring substituents is 1. The van der Waals surface area contributed by atoms with Gasteiger partial charge in [-0.15, -0.1) is 0 Å². The predicted octanol–water partition coefficient (Wildman–Crippen LogP) is 1.60. The minimum atomic E-state index is -0.495. The number of aryl methyl sites for hydroxylation is 1. The molecule has 0 saturated carbocycles. The second-order valence-corrected chi connectivity index (χ2v) is 4.89. The van der Waals surface area contributed by atoms with Crippen molar-refractivity contribution in [2.75, 3.05) is 12.3 Å². The molecule has 3 N–H and O–H groups in total. The van der Waals surface area contributed by atoms with E-state index < -0.39 is 4.92 Å². The number of nitro groups is 1. The Kier molecular flexibility index (Phi) is 5.25. The Hall–Kier alpha value is -3.23. The van der Waals surface area contributed by atoms with Gasteiger partial charge in [0.1, 0.15) is 12.4 Å². The molecule has 2 rings (SSSR count). The Morgan fingerprint density at radius 1 is 1.33 bits per heavy atom. The molecule has 9 nitrogen and oxygen atoms in total. The van der Waals surface area contributed by atoms with Crippen LogP contribution in [0.1, 0.15) is 28.7 Å². The zero-order chi connectivity index (χ0) is 17.7. The molecule has 0 aliphatic carbocycles. The van der Waals surface area contributed by atoms with Crippen LogP contribution < -0.4 is 15.8 Å². The van der Waals surface area contributed by atoms with Crippen LogP contribution in [-0.2, 0) is 6.61 Å². The van der Waals surface area contributed by atoms with Gasteiger partial charge in [0.2, 0.25) is 5.95 Å². The van der Waals surface area contributed by atoms with Crippen LogP contribution in [0.4, 0.5) is 11.6 Å². The summed E-state index contributed by atoms with van der Waals surface area (Å²) in [4.78, 5) is 30.4. The fourth-order valence-electron chi connectivity index (χ4n) is 2.12. The molecule has 1 heterocycles. The number of carbonyl (C=O) groups excluding carboxylic acids is 1. The highest BCUT2D eigenvalue weighted by Crippen LogP contribution is 2.20. The number of hydrogen-bond donors (Lipinski definition) is 2. The van der Waals surface area contributed by atoms with E-state index in [1.807, 2.05) is 0 Å². The van der Waals surface area contributed by atoms with Crippen LogP contribution in [-0.4, -0.2) is 27.3 Å². The Bertz CT molecular complexity index is 761. The third kappa shape index (κ3) is 3.94. The van der Waals surface area contributed by atoms with Gasteiger partial charge < -0.3 is 15.8 Å². The van der Waals surface area contributed by atoms with Crippen molar-refractivity contribution in [3.63, 3.8) is 0 Å². The Morgan fingerprint density at radius 3 is 2.58 bits per heavy atom. The SMILES string of the molecule is CCNC(=O)c1c(C)nc(N)nc1COc1ccc([N+](=O)[O-])cc1. The maximum atomic E-state index is 12.2. The first kappa shape index (κ1) is 17.1. The van der Waals surface area contributed by atoms with E-state index in [9.17, 15) is 14.9 Å². The van der Waals surface area contributed by atoms with Crippen LogP contribution in [0.15, 0.2) is 24.3 Å². The number of amides is 1. The summed E-state index contributed by atoms with van der Waals surface area (Å²) >= 11 is 0. The van der Waals surface area contributed by atoms with E-state index in [-0.39, 0.29) is 24.1 Å². The number of hydrogen-bond acceptors (Lipinski definition) is 7. The first-order valence-corrected chi connectivity index (χ1v) is 7.20. The number of rotatable bonds is 6. The van der Waals surface area contributed by atoms with E-state index >= 15 is 0 Å². The van der Waals surface area contributed by atoms with E-state index in [2.05, 4.69) is 15.3 Å². The van der Waals surface area contributed by atoms with Gasteiger partial charge in [-0.25, -0.2) is 9.97 Å². The van der Waals surface area contributed by atoms with Gasteiger partial charge in [-0.05, 0) is 26.0 Å². The van der Waals surface area contributed by atoms with Crippen molar-refractivity contribution in [2.24, 2.45) is 0 Å². The first-order valence-electron chi connectivity index (χ1n) is 7.20. The van der Waals surface area contributed by atoms with E-state index in [1.54, 1.807) is 13.8 Å². The van der Waals surface area contributed by atoms with Gasteiger partial charge in [-0.3, -0.25) is 14.9 Å². The van der Waals surface area contributed by atoms with E-state index in [4.69, 9.17) is 10.5 Å². The highest BCUT2D eigenvalue weighted by molar-refractivity contribution is 5.96. The third-order valence-corrected chi connectivity index (χ3v) is 3.17. The molecule has 1 aromatic heterocycles. The summed E-state index contributed by atoms with van der Waals surface area (Å²) in [6.45, 7) is 3.92. The standard InChI is InChI=1S/C15H17N5O4/c1-3-17-14(21)13-9(2)18-15(16)19-12(13)8-24-11-6-4-10(5-7-11)20(22)23/h4-7H,3,8H2,1-2H3,(H,17,21)(H2,16,18,19). The van der Waals surface area contributed by atoms with Crippen LogP contribution in [0.2, 0.25) is 0 Å². The van der Waals surface area contributed by atoms with Gasteiger partial charge in [0, 0.05) is 18.7 Å². The second kappa shape index (κ2) is 7.36. The van der Waals surface area contributed by atoms with Crippen molar-refractivity contribution in [1.29, 1.82) is 0 Å². The molecule has 126 valence electrons. The molecular weight excluding hydrogens is 314 g/mol. The summed E-state index contributed by atoms with van der Waals surface area (Å²) in [5, 5.41) is 13.3. The maximum absolute atomic E-state index is 12.2.